The molecule has 0 aromatic heterocycles. The number of aromatic carboxylic acids is 1. The van der Waals surface area contributed by atoms with Gasteiger partial charge in [0.25, 0.3) is 0 Å². The number of likely N-dealkylation sites (N-methyl/N-ethyl adjacent to an activating group) is 1. The van der Waals surface area contributed by atoms with Crippen LogP contribution < -0.4 is 4.74 Å². The van der Waals surface area contributed by atoms with E-state index in [0.717, 1.165) is 5.75 Å². The summed E-state index contributed by atoms with van der Waals surface area (Å²) in [4.78, 5) is 25.0. The maximum atomic E-state index is 12.2. The highest BCUT2D eigenvalue weighted by Crippen LogP contribution is 2.13. The van der Waals surface area contributed by atoms with E-state index in [4.69, 9.17) is 9.84 Å². The third-order valence-corrected chi connectivity index (χ3v) is 4.00. The van der Waals surface area contributed by atoms with Crippen LogP contribution in [0.5, 0.6) is 5.75 Å². The first-order valence-electron chi connectivity index (χ1n) is 8.22. The first kappa shape index (κ1) is 18.5. The van der Waals surface area contributed by atoms with E-state index >= 15 is 0 Å². The summed E-state index contributed by atoms with van der Waals surface area (Å²) in [7, 11) is 1.73. The van der Waals surface area contributed by atoms with Crippen LogP contribution in [0.1, 0.15) is 27.9 Å². The van der Waals surface area contributed by atoms with E-state index in [1.54, 1.807) is 36.2 Å². The van der Waals surface area contributed by atoms with Crippen molar-refractivity contribution in [1.82, 2.24) is 4.90 Å². The third kappa shape index (κ3) is 5.64. The van der Waals surface area contributed by atoms with Crippen molar-refractivity contribution in [3.63, 3.8) is 0 Å². The molecule has 0 aliphatic heterocycles. The molecule has 0 atom stereocenters. The van der Waals surface area contributed by atoms with E-state index in [2.05, 4.69) is 0 Å². The second-order valence-electron chi connectivity index (χ2n) is 5.94. The van der Waals surface area contributed by atoms with Gasteiger partial charge in [-0.25, -0.2) is 4.79 Å². The van der Waals surface area contributed by atoms with Crippen LogP contribution in [0.4, 0.5) is 0 Å². The summed E-state index contributed by atoms with van der Waals surface area (Å²) in [6.45, 7) is 2.91. The average Bonchev–Trinajstić information content (AvgIpc) is 2.61. The van der Waals surface area contributed by atoms with Gasteiger partial charge in [0.05, 0.1) is 12.1 Å². The highest BCUT2D eigenvalue weighted by molar-refractivity contribution is 5.89. The molecule has 2 aromatic carbocycles. The van der Waals surface area contributed by atoms with Crippen LogP contribution in [0.25, 0.3) is 0 Å². The zero-order valence-corrected chi connectivity index (χ0v) is 14.6. The summed E-state index contributed by atoms with van der Waals surface area (Å²) >= 11 is 0. The van der Waals surface area contributed by atoms with Gasteiger partial charge >= 0.3 is 5.97 Å². The van der Waals surface area contributed by atoms with Gasteiger partial charge in [-0.1, -0.05) is 35.9 Å². The van der Waals surface area contributed by atoms with Gasteiger partial charge in [0.2, 0.25) is 5.91 Å². The van der Waals surface area contributed by atoms with Gasteiger partial charge in [0.15, 0.2) is 0 Å². The monoisotopic (exact) mass is 341 g/mol. The fraction of sp³-hybridized carbons (Fsp3) is 0.300. The number of carbonyl (C=O) groups is 2. The molecular formula is C20H23NO4. The maximum Gasteiger partial charge on any atom is 0.335 e. The van der Waals surface area contributed by atoms with Crippen molar-refractivity contribution in [2.45, 2.75) is 19.8 Å². The Morgan fingerprint density at radius 2 is 1.76 bits per heavy atom. The topological polar surface area (TPSA) is 66.8 Å². The van der Waals surface area contributed by atoms with Crippen molar-refractivity contribution in [1.29, 1.82) is 0 Å². The number of hydrogen-bond donors (Lipinski definition) is 1. The molecule has 5 nitrogen and oxygen atoms in total. The lowest BCUT2D eigenvalue weighted by Gasteiger charge is -2.18. The van der Waals surface area contributed by atoms with Crippen LogP contribution in [0, 0.1) is 6.92 Å². The van der Waals surface area contributed by atoms with E-state index < -0.39 is 5.97 Å². The molecule has 2 rings (SSSR count). The first-order chi connectivity index (χ1) is 12.0. The Labute approximate surface area is 147 Å². The van der Waals surface area contributed by atoms with Crippen LogP contribution in [-0.4, -0.2) is 42.1 Å². The van der Waals surface area contributed by atoms with Gasteiger partial charge in [0, 0.05) is 13.5 Å². The molecule has 0 saturated carbocycles. The molecule has 2 aromatic rings. The van der Waals surface area contributed by atoms with Gasteiger partial charge in [-0.3, -0.25) is 4.79 Å². The predicted octanol–water partition coefficient (Wildman–Crippen LogP) is 3.16. The Morgan fingerprint density at radius 1 is 1.08 bits per heavy atom. The molecule has 132 valence electrons. The summed E-state index contributed by atoms with van der Waals surface area (Å²) < 4.78 is 5.62. The maximum absolute atomic E-state index is 12.2. The van der Waals surface area contributed by atoms with Gasteiger partial charge in [0.1, 0.15) is 12.4 Å². The molecule has 0 radical (unpaired) electrons. The van der Waals surface area contributed by atoms with Crippen molar-refractivity contribution in [3.8, 4) is 5.75 Å². The SMILES string of the molecule is Cc1ccc(OCCN(C)C(=O)CCc2ccccc2C(=O)O)cc1. The smallest absolute Gasteiger partial charge is 0.335 e. The highest BCUT2D eigenvalue weighted by atomic mass is 16.5. The molecule has 0 fully saturated rings. The van der Waals surface area contributed by atoms with Crippen molar-refractivity contribution in [2.75, 3.05) is 20.2 Å². The van der Waals surface area contributed by atoms with E-state index in [9.17, 15) is 9.59 Å². The molecule has 1 N–H and O–H groups in total. The van der Waals surface area contributed by atoms with E-state index in [1.165, 1.54) is 5.56 Å². The minimum absolute atomic E-state index is 0.0345. The van der Waals surface area contributed by atoms with Crippen LogP contribution >= 0.6 is 0 Å². The molecule has 0 bridgehead atoms. The molecule has 5 heteroatoms. The van der Waals surface area contributed by atoms with Gasteiger partial charge < -0.3 is 14.7 Å². The standard InChI is InChI=1S/C20H23NO4/c1-15-7-10-17(11-8-15)25-14-13-21(2)19(22)12-9-16-5-3-4-6-18(16)20(23)24/h3-8,10-11H,9,12-14H2,1-2H3,(H,23,24). The molecule has 0 aliphatic carbocycles. The molecule has 0 saturated heterocycles. The van der Waals surface area contributed by atoms with Crippen molar-refractivity contribution in [3.05, 3.63) is 65.2 Å². The molecule has 1 amide bonds. The fourth-order valence-corrected chi connectivity index (χ4v) is 2.44. The van der Waals surface area contributed by atoms with Gasteiger partial charge in [-0.2, -0.15) is 0 Å². The van der Waals surface area contributed by atoms with E-state index in [-0.39, 0.29) is 17.9 Å². The number of aryl methyl sites for hydroxylation is 2. The molecule has 25 heavy (non-hydrogen) atoms. The summed E-state index contributed by atoms with van der Waals surface area (Å²) in [5, 5.41) is 9.17. The number of ether oxygens (including phenoxy) is 1. The summed E-state index contributed by atoms with van der Waals surface area (Å²) in [5.41, 5.74) is 2.09. The average molecular weight is 341 g/mol. The minimum atomic E-state index is -0.970. The van der Waals surface area contributed by atoms with Gasteiger partial charge in [-0.05, 0) is 37.1 Å². The summed E-state index contributed by atoms with van der Waals surface area (Å²) in [6.07, 6.45) is 0.676. The molecule has 0 aliphatic rings. The number of carbonyl (C=O) groups excluding carboxylic acids is 1. The Balaban J connectivity index is 1.78. The normalized spacial score (nSPS) is 10.3. The van der Waals surface area contributed by atoms with Crippen molar-refractivity contribution < 1.29 is 19.4 Å². The number of hydrogen-bond acceptors (Lipinski definition) is 3. The van der Waals surface area contributed by atoms with Crippen molar-refractivity contribution in [2.24, 2.45) is 0 Å². The number of nitrogens with zero attached hydrogens (tertiary/aromatic N) is 1. The van der Waals surface area contributed by atoms with Crippen LogP contribution in [-0.2, 0) is 11.2 Å². The molecular weight excluding hydrogens is 318 g/mol. The van der Waals surface area contributed by atoms with Gasteiger partial charge in [-0.15, -0.1) is 0 Å². The highest BCUT2D eigenvalue weighted by Gasteiger charge is 2.13. The fourth-order valence-electron chi connectivity index (χ4n) is 2.44. The third-order valence-electron chi connectivity index (χ3n) is 4.00. The van der Waals surface area contributed by atoms with E-state index in [1.807, 2.05) is 31.2 Å². The second kappa shape index (κ2) is 8.87. The summed E-state index contributed by atoms with van der Waals surface area (Å²) in [5.74, 6) is -0.225. The second-order valence-corrected chi connectivity index (χ2v) is 5.94. The number of carboxylic acid groups (broad SMARTS) is 1. The molecule has 0 heterocycles. The summed E-state index contributed by atoms with van der Waals surface area (Å²) in [6, 6.07) is 14.5. The quantitative estimate of drug-likeness (QED) is 0.801. The number of carboxylic acids is 1. The predicted molar refractivity (Wildman–Crippen MR) is 96.0 cm³/mol. The first-order valence-corrected chi connectivity index (χ1v) is 8.22. The Bertz CT molecular complexity index is 725. The zero-order valence-electron chi connectivity index (χ0n) is 14.6. The zero-order chi connectivity index (χ0) is 18.2. The van der Waals surface area contributed by atoms with Crippen LogP contribution in [0.3, 0.4) is 0 Å². The van der Waals surface area contributed by atoms with E-state index in [0.29, 0.717) is 25.1 Å². The lowest BCUT2D eigenvalue weighted by atomic mass is 10.0. The molecule has 0 spiro atoms. The Morgan fingerprint density at radius 3 is 2.44 bits per heavy atom. The lowest BCUT2D eigenvalue weighted by Crippen LogP contribution is -2.31. The number of rotatable bonds is 8. The minimum Gasteiger partial charge on any atom is -0.492 e. The Hall–Kier alpha value is -2.82. The largest absolute Gasteiger partial charge is 0.492 e. The lowest BCUT2D eigenvalue weighted by molar-refractivity contribution is -0.130. The number of amides is 1. The number of benzene rings is 2. The Kier molecular flexibility index (Phi) is 6.57. The molecule has 0 unspecified atom stereocenters. The van der Waals surface area contributed by atoms with Crippen LogP contribution in [0.15, 0.2) is 48.5 Å². The van der Waals surface area contributed by atoms with Crippen molar-refractivity contribution >= 4 is 11.9 Å². The van der Waals surface area contributed by atoms with Crippen LogP contribution in [0.2, 0.25) is 0 Å².